The summed E-state index contributed by atoms with van der Waals surface area (Å²) in [5, 5.41) is 4.97. The van der Waals surface area contributed by atoms with Crippen molar-refractivity contribution in [2.75, 3.05) is 27.3 Å². The lowest BCUT2D eigenvalue weighted by Gasteiger charge is -2.30. The standard InChI is InChI=1S/C43H51N7O5/c1-8-25(3)38(48-43(53)55-7)42(52)49-17-9-10-36(49)40-45-33-16-15-31(21-34(33)46-40)29-11-12-30-20-32(14-13-28(30)19-29)35-22-44-39(47-35)37-18-24(2)23-50(37)41(51)26(4)27(5)54-6/h11-16,18-22,25-27,36-38H,8-10,17,23H2,1-7H3,(H,44,47)(H,45,46)(H,48,53)/t25-,26-,27+,36-,37-,38-/m0/s1. The van der Waals surface area contributed by atoms with Gasteiger partial charge in [0.1, 0.15) is 23.7 Å². The SMILES string of the molecule is CC[C@H](C)[C@H](NC(=O)OC)C(=O)N1CCC[C@H]1c1nc2ccc(-c3ccc4cc(-c5cnc([C@@H]6C=C(C)CN6C(=O)[C@@H](C)[C@@H](C)OC)[nH]5)ccc4c3)cc2[nH]1. The first-order valence-electron chi connectivity index (χ1n) is 19.2. The molecule has 288 valence electrons. The van der Waals surface area contributed by atoms with Crippen LogP contribution in [0.3, 0.4) is 0 Å². The summed E-state index contributed by atoms with van der Waals surface area (Å²) in [6.07, 6.45) is 5.55. The van der Waals surface area contributed by atoms with Crippen molar-refractivity contribution in [3.63, 3.8) is 0 Å². The zero-order valence-electron chi connectivity index (χ0n) is 32.7. The highest BCUT2D eigenvalue weighted by molar-refractivity contribution is 5.92. The maximum absolute atomic E-state index is 13.8. The molecule has 0 bridgehead atoms. The first kappa shape index (κ1) is 37.8. The van der Waals surface area contributed by atoms with Crippen molar-refractivity contribution in [1.82, 2.24) is 35.1 Å². The fourth-order valence-corrected chi connectivity index (χ4v) is 7.84. The van der Waals surface area contributed by atoms with Gasteiger partial charge < -0.3 is 34.6 Å². The number of amides is 3. The number of alkyl carbamates (subject to hydrolysis) is 1. The number of nitrogens with zero attached hydrogens (tertiary/aromatic N) is 4. The van der Waals surface area contributed by atoms with Crippen LogP contribution in [0.2, 0.25) is 0 Å². The van der Waals surface area contributed by atoms with Gasteiger partial charge in [-0.25, -0.2) is 14.8 Å². The summed E-state index contributed by atoms with van der Waals surface area (Å²) in [7, 11) is 2.94. The van der Waals surface area contributed by atoms with E-state index in [1.807, 2.05) is 56.7 Å². The Morgan fingerprint density at radius 2 is 1.62 bits per heavy atom. The molecule has 0 aliphatic carbocycles. The maximum Gasteiger partial charge on any atom is 0.407 e. The number of carbonyl (C=O) groups is 3. The van der Waals surface area contributed by atoms with Crippen LogP contribution in [0, 0.1) is 11.8 Å². The van der Waals surface area contributed by atoms with Crippen LogP contribution in [-0.2, 0) is 19.1 Å². The number of nitrogens with one attached hydrogen (secondary N) is 3. The predicted octanol–water partition coefficient (Wildman–Crippen LogP) is 7.71. The molecule has 6 atom stereocenters. The van der Waals surface area contributed by atoms with Crippen molar-refractivity contribution in [3.05, 3.63) is 84.1 Å². The van der Waals surface area contributed by atoms with Crippen LogP contribution in [0.25, 0.3) is 44.2 Å². The van der Waals surface area contributed by atoms with E-state index in [0.29, 0.717) is 13.1 Å². The number of likely N-dealkylation sites (tertiary alicyclic amines) is 1. The Morgan fingerprint density at radius 3 is 2.35 bits per heavy atom. The van der Waals surface area contributed by atoms with E-state index in [4.69, 9.17) is 19.4 Å². The number of aromatic nitrogens is 4. The number of benzene rings is 3. The Hall–Kier alpha value is -5.49. The molecule has 3 amide bonds. The number of H-pyrrole nitrogens is 2. The normalized spacial score (nSPS) is 19.4. The molecule has 0 saturated carbocycles. The number of carbonyl (C=O) groups excluding carboxylic acids is 3. The first-order valence-corrected chi connectivity index (χ1v) is 19.2. The molecule has 2 aromatic heterocycles. The van der Waals surface area contributed by atoms with Crippen molar-refractivity contribution < 1.29 is 23.9 Å². The topological polar surface area (TPSA) is 146 Å². The van der Waals surface area contributed by atoms with Crippen molar-refractivity contribution >= 4 is 39.7 Å². The number of imidazole rings is 2. The Bertz CT molecular complexity index is 2260. The first-order chi connectivity index (χ1) is 26.5. The van der Waals surface area contributed by atoms with Crippen molar-refractivity contribution in [2.45, 2.75) is 78.1 Å². The maximum atomic E-state index is 13.8. The summed E-state index contributed by atoms with van der Waals surface area (Å²) in [6.45, 7) is 11.0. The molecule has 5 aromatic rings. The molecule has 1 fully saturated rings. The Labute approximate surface area is 321 Å². The lowest BCUT2D eigenvalue weighted by Crippen LogP contribution is -2.51. The highest BCUT2D eigenvalue weighted by Crippen LogP contribution is 2.36. The van der Waals surface area contributed by atoms with Gasteiger partial charge in [0, 0.05) is 25.8 Å². The average Bonchev–Trinajstić information content (AvgIpc) is 4.03. The minimum atomic E-state index is -0.670. The zero-order valence-corrected chi connectivity index (χ0v) is 32.7. The third kappa shape index (κ3) is 7.47. The van der Waals surface area contributed by atoms with Crippen LogP contribution >= 0.6 is 0 Å². The molecule has 1 saturated heterocycles. The number of ether oxygens (including phenoxy) is 2. The van der Waals surface area contributed by atoms with E-state index in [2.05, 4.69) is 69.9 Å². The number of hydrogen-bond donors (Lipinski definition) is 3. The lowest BCUT2D eigenvalue weighted by atomic mass is 9.97. The number of fused-ring (bicyclic) bond motifs is 2. The lowest BCUT2D eigenvalue weighted by molar-refractivity contribution is -0.139. The van der Waals surface area contributed by atoms with Gasteiger partial charge in [0.25, 0.3) is 0 Å². The minimum Gasteiger partial charge on any atom is -0.453 e. The third-order valence-corrected chi connectivity index (χ3v) is 11.6. The number of rotatable bonds is 11. The van der Waals surface area contributed by atoms with Gasteiger partial charge in [-0.15, -0.1) is 0 Å². The summed E-state index contributed by atoms with van der Waals surface area (Å²) in [6, 6.07) is 17.9. The van der Waals surface area contributed by atoms with E-state index >= 15 is 0 Å². The van der Waals surface area contributed by atoms with Crippen LogP contribution in [-0.4, -0.2) is 87.1 Å². The smallest absolute Gasteiger partial charge is 0.407 e. The summed E-state index contributed by atoms with van der Waals surface area (Å²) in [5.74, 6) is 1.11. The quantitative estimate of drug-likeness (QED) is 0.118. The van der Waals surface area contributed by atoms with E-state index in [9.17, 15) is 14.4 Å². The molecule has 2 aliphatic rings. The molecule has 12 nitrogen and oxygen atoms in total. The zero-order chi connectivity index (χ0) is 39.0. The molecule has 0 unspecified atom stereocenters. The van der Waals surface area contributed by atoms with Crippen molar-refractivity contribution in [3.8, 4) is 22.4 Å². The minimum absolute atomic E-state index is 0.0491. The second-order valence-corrected chi connectivity index (χ2v) is 15.2. The van der Waals surface area contributed by atoms with Crippen LogP contribution in [0.15, 0.2) is 72.4 Å². The second-order valence-electron chi connectivity index (χ2n) is 15.2. The van der Waals surface area contributed by atoms with E-state index in [0.717, 1.165) is 80.7 Å². The largest absolute Gasteiger partial charge is 0.453 e. The van der Waals surface area contributed by atoms with Crippen LogP contribution in [0.5, 0.6) is 0 Å². The van der Waals surface area contributed by atoms with E-state index in [-0.39, 0.29) is 41.8 Å². The third-order valence-electron chi connectivity index (χ3n) is 11.6. The highest BCUT2D eigenvalue weighted by atomic mass is 16.5. The number of methoxy groups -OCH3 is 2. The fourth-order valence-electron chi connectivity index (χ4n) is 7.84. The highest BCUT2D eigenvalue weighted by Gasteiger charge is 2.38. The van der Waals surface area contributed by atoms with Gasteiger partial charge in [-0.1, -0.05) is 69.2 Å². The van der Waals surface area contributed by atoms with Gasteiger partial charge in [-0.3, -0.25) is 9.59 Å². The molecule has 7 rings (SSSR count). The second kappa shape index (κ2) is 15.7. The summed E-state index contributed by atoms with van der Waals surface area (Å²) in [5.41, 5.74) is 6.91. The van der Waals surface area contributed by atoms with E-state index in [1.165, 1.54) is 7.11 Å². The van der Waals surface area contributed by atoms with Gasteiger partial charge in [-0.2, -0.15) is 0 Å². The molecule has 0 spiro atoms. The summed E-state index contributed by atoms with van der Waals surface area (Å²) < 4.78 is 10.3. The summed E-state index contributed by atoms with van der Waals surface area (Å²) in [4.78, 5) is 59.7. The Morgan fingerprint density at radius 1 is 0.909 bits per heavy atom. The van der Waals surface area contributed by atoms with Gasteiger partial charge in [0.05, 0.1) is 48.1 Å². The van der Waals surface area contributed by atoms with Gasteiger partial charge in [-0.05, 0) is 78.8 Å². The molecule has 4 heterocycles. The Balaban J connectivity index is 1.09. The molecule has 3 aromatic carbocycles. The molecule has 12 heteroatoms. The number of aromatic amines is 2. The monoisotopic (exact) mass is 745 g/mol. The summed E-state index contributed by atoms with van der Waals surface area (Å²) >= 11 is 0. The van der Waals surface area contributed by atoms with Crippen molar-refractivity contribution in [1.29, 1.82) is 0 Å². The Kier molecular flexibility index (Phi) is 10.8. The molecule has 2 aliphatic heterocycles. The van der Waals surface area contributed by atoms with Gasteiger partial charge >= 0.3 is 6.09 Å². The van der Waals surface area contributed by atoms with E-state index < -0.39 is 12.1 Å². The fraction of sp³-hybridized carbons (Fsp3) is 0.419. The predicted molar refractivity (Wildman–Crippen MR) is 213 cm³/mol. The van der Waals surface area contributed by atoms with Gasteiger partial charge in [0.2, 0.25) is 11.8 Å². The molecular weight excluding hydrogens is 695 g/mol. The molecule has 3 N–H and O–H groups in total. The molecular formula is C43H51N7O5. The van der Waals surface area contributed by atoms with Crippen LogP contribution < -0.4 is 5.32 Å². The average molecular weight is 746 g/mol. The molecule has 0 radical (unpaired) electrons. The van der Waals surface area contributed by atoms with Crippen molar-refractivity contribution in [2.24, 2.45) is 11.8 Å². The van der Waals surface area contributed by atoms with Gasteiger partial charge in [0.15, 0.2) is 0 Å². The van der Waals surface area contributed by atoms with Crippen LogP contribution in [0.1, 0.15) is 77.6 Å². The molecule has 55 heavy (non-hydrogen) atoms. The van der Waals surface area contributed by atoms with Crippen LogP contribution in [0.4, 0.5) is 4.79 Å². The number of hydrogen-bond acceptors (Lipinski definition) is 7. The van der Waals surface area contributed by atoms with E-state index in [1.54, 1.807) is 7.11 Å².